The van der Waals surface area contributed by atoms with Gasteiger partial charge in [0.1, 0.15) is 0 Å². The van der Waals surface area contributed by atoms with Crippen LogP contribution in [0.4, 0.5) is 0 Å². The van der Waals surface area contributed by atoms with Gasteiger partial charge in [-0.2, -0.15) is 17.4 Å². The number of nitrogens with zero attached hydrogens (tertiary/aromatic N) is 1. The Bertz CT molecular complexity index is 315. The smallest absolute Gasteiger partial charge is 0.279 e. The average molecular weight is 279 g/mol. The molecule has 1 fully saturated rings. The molecule has 0 aromatic heterocycles. The van der Waals surface area contributed by atoms with Crippen molar-refractivity contribution in [3.8, 4) is 0 Å². The second-order valence-electron chi connectivity index (χ2n) is 4.64. The topological polar surface area (TPSA) is 84.7 Å². The van der Waals surface area contributed by atoms with E-state index in [1.54, 1.807) is 7.05 Å². The van der Waals surface area contributed by atoms with E-state index in [9.17, 15) is 8.42 Å². The Kier molecular flexibility index (Phi) is 7.10. The minimum absolute atomic E-state index is 0.324. The molecule has 0 aromatic rings. The van der Waals surface area contributed by atoms with Crippen LogP contribution in [-0.4, -0.2) is 52.1 Å². The zero-order chi connectivity index (χ0) is 13.4. The molecule has 0 bridgehead atoms. The minimum Gasteiger partial charge on any atom is -0.377 e. The monoisotopic (exact) mass is 279 g/mol. The van der Waals surface area contributed by atoms with Gasteiger partial charge >= 0.3 is 0 Å². The first kappa shape index (κ1) is 15.8. The molecule has 108 valence electrons. The van der Waals surface area contributed by atoms with Crippen LogP contribution in [0.15, 0.2) is 0 Å². The van der Waals surface area contributed by atoms with Crippen LogP contribution in [0.5, 0.6) is 0 Å². The Morgan fingerprint density at radius 1 is 1.39 bits per heavy atom. The van der Waals surface area contributed by atoms with E-state index in [2.05, 4.69) is 4.72 Å². The summed E-state index contributed by atoms with van der Waals surface area (Å²) in [5, 5.41) is 0. The van der Waals surface area contributed by atoms with Gasteiger partial charge in [0.25, 0.3) is 10.2 Å². The summed E-state index contributed by atoms with van der Waals surface area (Å²) in [5.74, 6) is 0. The second kappa shape index (κ2) is 8.06. The van der Waals surface area contributed by atoms with Crippen LogP contribution in [0.1, 0.15) is 32.1 Å². The predicted octanol–water partition coefficient (Wildman–Crippen LogP) is 0.0606. The maximum atomic E-state index is 11.8. The van der Waals surface area contributed by atoms with E-state index < -0.39 is 10.2 Å². The molecule has 1 aliphatic carbocycles. The first-order chi connectivity index (χ1) is 8.56. The lowest BCUT2D eigenvalue weighted by molar-refractivity contribution is 0.0624. The Balaban J connectivity index is 2.15. The minimum atomic E-state index is -3.38. The van der Waals surface area contributed by atoms with Crippen LogP contribution < -0.4 is 10.5 Å². The zero-order valence-electron chi connectivity index (χ0n) is 11.1. The second-order valence-corrected chi connectivity index (χ2v) is 6.50. The zero-order valence-corrected chi connectivity index (χ0v) is 11.9. The van der Waals surface area contributed by atoms with Gasteiger partial charge in [0.2, 0.25) is 0 Å². The van der Waals surface area contributed by atoms with E-state index in [1.165, 1.54) is 17.1 Å². The molecular weight excluding hydrogens is 254 g/mol. The normalized spacial score (nSPS) is 17.7. The molecule has 3 N–H and O–H groups in total. The van der Waals surface area contributed by atoms with Gasteiger partial charge < -0.3 is 10.5 Å². The number of hydrogen-bond acceptors (Lipinski definition) is 4. The van der Waals surface area contributed by atoms with Gasteiger partial charge in [-0.15, -0.1) is 0 Å². The van der Waals surface area contributed by atoms with Crippen molar-refractivity contribution in [3.05, 3.63) is 0 Å². The lowest BCUT2D eigenvalue weighted by Gasteiger charge is -2.18. The predicted molar refractivity (Wildman–Crippen MR) is 71.4 cm³/mol. The summed E-state index contributed by atoms with van der Waals surface area (Å²) in [7, 11) is -1.83. The third-order valence-corrected chi connectivity index (χ3v) is 4.70. The van der Waals surface area contributed by atoms with Crippen LogP contribution >= 0.6 is 0 Å². The molecule has 1 aliphatic rings. The third kappa shape index (κ3) is 5.62. The van der Waals surface area contributed by atoms with Crippen molar-refractivity contribution in [2.24, 2.45) is 5.73 Å². The van der Waals surface area contributed by atoms with Crippen molar-refractivity contribution < 1.29 is 13.2 Å². The molecule has 0 aliphatic heterocycles. The van der Waals surface area contributed by atoms with E-state index >= 15 is 0 Å². The van der Waals surface area contributed by atoms with Gasteiger partial charge in [0.05, 0.1) is 12.7 Å². The molecule has 1 saturated carbocycles. The largest absolute Gasteiger partial charge is 0.377 e. The molecule has 1 rings (SSSR count). The molecule has 0 radical (unpaired) electrons. The summed E-state index contributed by atoms with van der Waals surface area (Å²) in [6.45, 7) is 1.69. The summed E-state index contributed by atoms with van der Waals surface area (Å²) >= 11 is 0. The van der Waals surface area contributed by atoms with Crippen molar-refractivity contribution in [3.63, 3.8) is 0 Å². The summed E-state index contributed by atoms with van der Waals surface area (Å²) < 4.78 is 32.9. The van der Waals surface area contributed by atoms with E-state index in [1.807, 2.05) is 0 Å². The molecule has 0 saturated heterocycles. The summed E-state index contributed by atoms with van der Waals surface area (Å²) in [4.78, 5) is 0. The summed E-state index contributed by atoms with van der Waals surface area (Å²) in [6.07, 6.45) is 5.63. The van der Waals surface area contributed by atoms with Crippen LogP contribution in [0, 0.1) is 0 Å². The Morgan fingerprint density at radius 3 is 2.67 bits per heavy atom. The molecule has 0 spiro atoms. The maximum absolute atomic E-state index is 11.8. The van der Waals surface area contributed by atoms with Crippen LogP contribution in [0.3, 0.4) is 0 Å². The van der Waals surface area contributed by atoms with Gasteiger partial charge in [-0.1, -0.05) is 12.8 Å². The van der Waals surface area contributed by atoms with Gasteiger partial charge in [0, 0.05) is 20.1 Å². The Morgan fingerprint density at radius 2 is 2.06 bits per heavy atom. The van der Waals surface area contributed by atoms with E-state index in [-0.39, 0.29) is 0 Å². The number of nitrogens with one attached hydrogen (secondary N) is 1. The Labute approximate surface area is 110 Å². The maximum Gasteiger partial charge on any atom is 0.279 e. The van der Waals surface area contributed by atoms with Crippen molar-refractivity contribution >= 4 is 10.2 Å². The van der Waals surface area contributed by atoms with Gasteiger partial charge in [0.15, 0.2) is 0 Å². The average Bonchev–Trinajstić information content (AvgIpc) is 2.84. The van der Waals surface area contributed by atoms with Crippen molar-refractivity contribution in [1.29, 1.82) is 0 Å². The molecule has 7 heteroatoms. The molecule has 6 nitrogen and oxygen atoms in total. The van der Waals surface area contributed by atoms with E-state index in [4.69, 9.17) is 10.5 Å². The third-order valence-electron chi connectivity index (χ3n) is 3.13. The standard InChI is InChI=1S/C11H25N3O3S/c1-14(9-4-7-12)18(15,16)13-8-10-17-11-5-2-3-6-11/h11,13H,2-10,12H2,1H3. The highest BCUT2D eigenvalue weighted by Crippen LogP contribution is 2.20. The van der Waals surface area contributed by atoms with Crippen molar-refractivity contribution in [2.75, 3.05) is 33.3 Å². The highest BCUT2D eigenvalue weighted by atomic mass is 32.2. The van der Waals surface area contributed by atoms with Crippen LogP contribution in [0.2, 0.25) is 0 Å². The molecule has 0 heterocycles. The van der Waals surface area contributed by atoms with Crippen LogP contribution in [-0.2, 0) is 14.9 Å². The molecule has 0 amide bonds. The summed E-state index contributed by atoms with van der Waals surface area (Å²) in [5.41, 5.74) is 5.35. The van der Waals surface area contributed by atoms with Crippen molar-refractivity contribution in [1.82, 2.24) is 9.03 Å². The van der Waals surface area contributed by atoms with Crippen LogP contribution in [0.25, 0.3) is 0 Å². The SMILES string of the molecule is CN(CCCN)S(=O)(=O)NCCOC1CCCC1. The van der Waals surface area contributed by atoms with E-state index in [0.717, 1.165) is 12.8 Å². The number of nitrogens with two attached hydrogens (primary N) is 1. The summed E-state index contributed by atoms with van der Waals surface area (Å²) in [6, 6.07) is 0. The van der Waals surface area contributed by atoms with Gasteiger partial charge in [-0.25, -0.2) is 0 Å². The van der Waals surface area contributed by atoms with Gasteiger partial charge in [-0.3, -0.25) is 0 Å². The highest BCUT2D eigenvalue weighted by molar-refractivity contribution is 7.87. The van der Waals surface area contributed by atoms with Gasteiger partial charge in [-0.05, 0) is 25.8 Å². The fourth-order valence-electron chi connectivity index (χ4n) is 2.00. The van der Waals surface area contributed by atoms with E-state index in [0.29, 0.717) is 38.8 Å². The lowest BCUT2D eigenvalue weighted by atomic mass is 10.3. The molecule has 0 atom stereocenters. The molecule has 0 unspecified atom stereocenters. The molecule has 18 heavy (non-hydrogen) atoms. The number of rotatable bonds is 9. The molecular formula is C11H25N3O3S. The lowest BCUT2D eigenvalue weighted by Crippen LogP contribution is -2.40. The highest BCUT2D eigenvalue weighted by Gasteiger charge is 2.17. The fraction of sp³-hybridized carbons (Fsp3) is 1.00. The Hall–Kier alpha value is -0.210. The quantitative estimate of drug-likeness (QED) is 0.585. The number of ether oxygens (including phenoxy) is 1. The first-order valence-corrected chi connectivity index (χ1v) is 8.03. The number of hydrogen-bond donors (Lipinski definition) is 2. The van der Waals surface area contributed by atoms with Crippen molar-refractivity contribution in [2.45, 2.75) is 38.2 Å². The first-order valence-electron chi connectivity index (χ1n) is 6.59. The fourth-order valence-corrected chi connectivity index (χ4v) is 2.93. The molecule has 0 aromatic carbocycles.